The summed E-state index contributed by atoms with van der Waals surface area (Å²) in [5, 5.41) is 14.0. The van der Waals surface area contributed by atoms with Gasteiger partial charge < -0.3 is 10.4 Å². The standard InChI is InChI=1S/C12H15Cl2NO/c1-12(2)5-10(12)15-6-7-3-8(13)4-9(14)11(7)16/h3-4,10,15-16H,5-6H2,1-2H3. The van der Waals surface area contributed by atoms with Crippen LogP contribution in [0.2, 0.25) is 10.0 Å². The van der Waals surface area contributed by atoms with E-state index in [-0.39, 0.29) is 5.75 Å². The Kier molecular flexibility index (Phi) is 3.08. The molecule has 0 bridgehead atoms. The third-order valence-corrected chi connectivity index (χ3v) is 3.67. The first-order valence-corrected chi connectivity index (χ1v) is 6.06. The van der Waals surface area contributed by atoms with Gasteiger partial charge in [-0.2, -0.15) is 0 Å². The van der Waals surface area contributed by atoms with E-state index in [2.05, 4.69) is 19.2 Å². The van der Waals surface area contributed by atoms with Crippen LogP contribution >= 0.6 is 23.2 Å². The molecular weight excluding hydrogens is 245 g/mol. The fraction of sp³-hybridized carbons (Fsp3) is 0.500. The Morgan fingerprint density at radius 3 is 2.62 bits per heavy atom. The third kappa shape index (κ3) is 2.45. The predicted octanol–water partition coefficient (Wildman–Crippen LogP) is 3.59. The molecule has 0 radical (unpaired) electrons. The zero-order chi connectivity index (χ0) is 11.9. The zero-order valence-electron chi connectivity index (χ0n) is 9.35. The molecule has 1 aliphatic rings. The smallest absolute Gasteiger partial charge is 0.138 e. The molecule has 1 aromatic carbocycles. The van der Waals surface area contributed by atoms with Crippen molar-refractivity contribution in [2.45, 2.75) is 32.9 Å². The highest BCUT2D eigenvalue weighted by Crippen LogP contribution is 2.45. The Morgan fingerprint density at radius 1 is 1.44 bits per heavy atom. The molecule has 2 nitrogen and oxygen atoms in total. The van der Waals surface area contributed by atoms with E-state index in [4.69, 9.17) is 23.2 Å². The van der Waals surface area contributed by atoms with Gasteiger partial charge >= 0.3 is 0 Å². The van der Waals surface area contributed by atoms with Crippen molar-refractivity contribution in [2.75, 3.05) is 0 Å². The Morgan fingerprint density at radius 2 is 2.06 bits per heavy atom. The zero-order valence-corrected chi connectivity index (χ0v) is 10.9. The van der Waals surface area contributed by atoms with E-state index in [0.717, 1.165) is 5.56 Å². The molecule has 1 fully saturated rings. The lowest BCUT2D eigenvalue weighted by Gasteiger charge is -2.09. The molecule has 0 aliphatic heterocycles. The van der Waals surface area contributed by atoms with E-state index in [1.54, 1.807) is 12.1 Å². The van der Waals surface area contributed by atoms with E-state index in [1.807, 2.05) is 0 Å². The summed E-state index contributed by atoms with van der Waals surface area (Å²) in [6.45, 7) is 5.03. The second-order valence-corrected chi connectivity index (χ2v) is 5.87. The summed E-state index contributed by atoms with van der Waals surface area (Å²) in [5.41, 5.74) is 1.12. The van der Waals surface area contributed by atoms with E-state index >= 15 is 0 Å². The molecule has 1 saturated carbocycles. The van der Waals surface area contributed by atoms with Crippen molar-refractivity contribution < 1.29 is 5.11 Å². The minimum atomic E-state index is 0.122. The van der Waals surface area contributed by atoms with Crippen LogP contribution in [-0.2, 0) is 6.54 Å². The van der Waals surface area contributed by atoms with Gasteiger partial charge in [-0.25, -0.2) is 0 Å². The van der Waals surface area contributed by atoms with Gasteiger partial charge in [-0.15, -0.1) is 0 Å². The van der Waals surface area contributed by atoms with Crippen molar-refractivity contribution in [1.29, 1.82) is 0 Å². The maximum atomic E-state index is 9.75. The Balaban J connectivity index is 2.04. The first kappa shape index (κ1) is 12.0. The van der Waals surface area contributed by atoms with Gasteiger partial charge in [0.2, 0.25) is 0 Å². The molecule has 0 aromatic heterocycles. The van der Waals surface area contributed by atoms with Gasteiger partial charge in [0.15, 0.2) is 0 Å². The number of rotatable bonds is 3. The van der Waals surface area contributed by atoms with Gasteiger partial charge in [0.1, 0.15) is 5.75 Å². The lowest BCUT2D eigenvalue weighted by atomic mass is 10.1. The molecule has 1 aliphatic carbocycles. The van der Waals surface area contributed by atoms with Crippen molar-refractivity contribution in [2.24, 2.45) is 5.41 Å². The van der Waals surface area contributed by atoms with E-state index in [9.17, 15) is 5.11 Å². The number of aromatic hydroxyl groups is 1. The predicted molar refractivity (Wildman–Crippen MR) is 67.2 cm³/mol. The number of nitrogens with one attached hydrogen (secondary N) is 1. The molecule has 0 amide bonds. The van der Waals surface area contributed by atoms with Gasteiger partial charge in [-0.05, 0) is 24.0 Å². The Hall–Kier alpha value is -0.440. The lowest BCUT2D eigenvalue weighted by molar-refractivity contribution is 0.461. The number of hydrogen-bond donors (Lipinski definition) is 2. The summed E-state index contributed by atoms with van der Waals surface area (Å²) in [5.74, 6) is 0.122. The van der Waals surface area contributed by atoms with Crippen molar-refractivity contribution >= 4 is 23.2 Å². The number of phenolic OH excluding ortho intramolecular Hbond substituents is 1. The molecule has 16 heavy (non-hydrogen) atoms. The molecule has 1 unspecified atom stereocenters. The van der Waals surface area contributed by atoms with Crippen molar-refractivity contribution in [3.05, 3.63) is 27.7 Å². The van der Waals surface area contributed by atoms with Gasteiger partial charge in [0.25, 0.3) is 0 Å². The highest BCUT2D eigenvalue weighted by molar-refractivity contribution is 6.35. The largest absolute Gasteiger partial charge is 0.506 e. The van der Waals surface area contributed by atoms with Gasteiger partial charge in [-0.3, -0.25) is 0 Å². The van der Waals surface area contributed by atoms with E-state index in [1.165, 1.54) is 6.42 Å². The van der Waals surface area contributed by atoms with Crippen molar-refractivity contribution in [3.63, 3.8) is 0 Å². The maximum Gasteiger partial charge on any atom is 0.138 e. The van der Waals surface area contributed by atoms with Crippen molar-refractivity contribution in [3.8, 4) is 5.75 Å². The molecule has 1 aromatic rings. The second kappa shape index (κ2) is 4.10. The molecule has 2 N–H and O–H groups in total. The fourth-order valence-corrected chi connectivity index (χ4v) is 2.34. The minimum absolute atomic E-state index is 0.122. The van der Waals surface area contributed by atoms with E-state index in [0.29, 0.717) is 28.0 Å². The lowest BCUT2D eigenvalue weighted by Crippen LogP contribution is -2.20. The maximum absolute atomic E-state index is 9.75. The second-order valence-electron chi connectivity index (χ2n) is 5.02. The van der Waals surface area contributed by atoms with Gasteiger partial charge in [0, 0.05) is 23.2 Å². The molecule has 0 heterocycles. The first-order chi connectivity index (χ1) is 7.40. The number of benzene rings is 1. The molecular formula is C12H15Cl2NO. The van der Waals surface area contributed by atoms with Crippen LogP contribution in [0.1, 0.15) is 25.8 Å². The van der Waals surface area contributed by atoms with Crippen LogP contribution in [0.25, 0.3) is 0 Å². The molecule has 2 rings (SSSR count). The van der Waals surface area contributed by atoms with Crippen LogP contribution in [0.5, 0.6) is 5.75 Å². The van der Waals surface area contributed by atoms with Crippen LogP contribution in [0.3, 0.4) is 0 Å². The topological polar surface area (TPSA) is 32.3 Å². The minimum Gasteiger partial charge on any atom is -0.506 e. The summed E-state index contributed by atoms with van der Waals surface area (Å²) in [7, 11) is 0. The highest BCUT2D eigenvalue weighted by atomic mass is 35.5. The summed E-state index contributed by atoms with van der Waals surface area (Å²) in [4.78, 5) is 0. The van der Waals surface area contributed by atoms with Crippen LogP contribution in [0, 0.1) is 5.41 Å². The highest BCUT2D eigenvalue weighted by Gasteiger charge is 2.45. The average molecular weight is 260 g/mol. The summed E-state index contributed by atoms with van der Waals surface area (Å²) >= 11 is 11.7. The average Bonchev–Trinajstić information content (AvgIpc) is 2.78. The fourth-order valence-electron chi connectivity index (χ4n) is 1.80. The Bertz CT molecular complexity index is 418. The monoisotopic (exact) mass is 259 g/mol. The van der Waals surface area contributed by atoms with Gasteiger partial charge in [0.05, 0.1) is 5.02 Å². The summed E-state index contributed by atoms with van der Waals surface area (Å²) in [6.07, 6.45) is 1.17. The van der Waals surface area contributed by atoms with Gasteiger partial charge in [-0.1, -0.05) is 37.0 Å². The molecule has 88 valence electrons. The van der Waals surface area contributed by atoms with Crippen LogP contribution < -0.4 is 5.32 Å². The quantitative estimate of drug-likeness (QED) is 0.870. The number of phenols is 1. The summed E-state index contributed by atoms with van der Waals surface area (Å²) in [6, 6.07) is 3.80. The van der Waals surface area contributed by atoms with E-state index < -0.39 is 0 Å². The molecule has 1 atom stereocenters. The normalized spacial score (nSPS) is 22.1. The number of hydrogen-bond acceptors (Lipinski definition) is 2. The van der Waals surface area contributed by atoms with Crippen LogP contribution in [0.15, 0.2) is 12.1 Å². The third-order valence-electron chi connectivity index (χ3n) is 3.16. The summed E-state index contributed by atoms with van der Waals surface area (Å²) < 4.78 is 0. The SMILES string of the molecule is CC1(C)CC1NCc1cc(Cl)cc(Cl)c1O. The number of halogens is 2. The molecule has 0 spiro atoms. The molecule has 4 heteroatoms. The van der Waals surface area contributed by atoms with Crippen molar-refractivity contribution in [1.82, 2.24) is 5.32 Å². The van der Waals surface area contributed by atoms with Crippen LogP contribution in [-0.4, -0.2) is 11.1 Å². The first-order valence-electron chi connectivity index (χ1n) is 5.30. The Labute approximate surface area is 106 Å². The molecule has 0 saturated heterocycles. The van der Waals surface area contributed by atoms with Crippen LogP contribution in [0.4, 0.5) is 0 Å².